The van der Waals surface area contributed by atoms with Crippen molar-refractivity contribution in [3.63, 3.8) is 0 Å². The predicted octanol–water partition coefficient (Wildman–Crippen LogP) is 0.607. The second-order valence-corrected chi connectivity index (χ2v) is 6.29. The molecular weight excluding hydrogens is 268 g/mol. The quantitative estimate of drug-likeness (QED) is 0.880. The van der Waals surface area contributed by atoms with Crippen molar-refractivity contribution < 1.29 is 18.0 Å². The van der Waals surface area contributed by atoms with Gasteiger partial charge in [-0.1, -0.05) is 0 Å². The van der Waals surface area contributed by atoms with Crippen molar-refractivity contribution in [3.8, 4) is 0 Å². The minimum Gasteiger partial charge on any atom is -0.326 e. The van der Waals surface area contributed by atoms with E-state index in [0.717, 1.165) is 4.31 Å². The van der Waals surface area contributed by atoms with Gasteiger partial charge in [0.1, 0.15) is 0 Å². The molecule has 1 atom stereocenters. The molecule has 1 aromatic carbocycles. The average molecular weight is 282 g/mol. The summed E-state index contributed by atoms with van der Waals surface area (Å²) < 4.78 is 25.5. The number of carbonyl (C=O) groups is 2. The lowest BCUT2D eigenvalue weighted by Gasteiger charge is -2.35. The van der Waals surface area contributed by atoms with Gasteiger partial charge in [-0.2, -0.15) is 4.31 Å². The van der Waals surface area contributed by atoms with Crippen LogP contribution >= 0.6 is 0 Å². The number of carbonyl (C=O) groups excluding carboxylic acids is 2. The first kappa shape index (κ1) is 13.7. The van der Waals surface area contributed by atoms with E-state index in [1.807, 2.05) is 0 Å². The summed E-state index contributed by atoms with van der Waals surface area (Å²) in [5.74, 6) is -0.309. The van der Waals surface area contributed by atoms with Gasteiger partial charge in [-0.3, -0.25) is 9.59 Å². The Morgan fingerprint density at radius 3 is 2.32 bits per heavy atom. The maximum Gasteiger partial charge on any atom is 0.244 e. The molecule has 0 aromatic heterocycles. The topological polar surface area (TPSA) is 83.6 Å². The summed E-state index contributed by atoms with van der Waals surface area (Å²) in [6, 6.07) is 5.26. The maximum atomic E-state index is 12.2. The fourth-order valence-corrected chi connectivity index (χ4v) is 3.39. The number of anilines is 1. The number of amides is 1. The normalized spacial score (nSPS) is 19.9. The Hall–Kier alpha value is -1.73. The lowest BCUT2D eigenvalue weighted by atomic mass is 10.1. The number of rotatable bonds is 3. The van der Waals surface area contributed by atoms with Crippen LogP contribution in [0.3, 0.4) is 0 Å². The molecule has 1 fully saturated rings. The highest BCUT2D eigenvalue weighted by Gasteiger charge is 2.42. The zero-order valence-corrected chi connectivity index (χ0v) is 11.4. The number of nitrogens with one attached hydrogen (secondary N) is 1. The first-order valence-electron chi connectivity index (χ1n) is 5.74. The highest BCUT2D eigenvalue weighted by Crippen LogP contribution is 2.25. The molecule has 1 saturated heterocycles. The van der Waals surface area contributed by atoms with Crippen molar-refractivity contribution >= 4 is 27.4 Å². The molecule has 0 spiro atoms. The van der Waals surface area contributed by atoms with Gasteiger partial charge in [-0.25, -0.2) is 8.42 Å². The van der Waals surface area contributed by atoms with Crippen LogP contribution in [0.4, 0.5) is 5.69 Å². The number of Topliss-reactive ketones (excluding diaryl/α,β-unsaturated/α-hetero) is 1. The van der Waals surface area contributed by atoms with Crippen LogP contribution in [0.15, 0.2) is 29.2 Å². The van der Waals surface area contributed by atoms with Crippen LogP contribution in [0, 0.1) is 0 Å². The van der Waals surface area contributed by atoms with Gasteiger partial charge in [0, 0.05) is 12.6 Å². The molecule has 1 N–H and O–H groups in total. The highest BCUT2D eigenvalue weighted by molar-refractivity contribution is 7.89. The Kier molecular flexibility index (Phi) is 3.42. The van der Waals surface area contributed by atoms with Crippen LogP contribution in [-0.4, -0.2) is 37.0 Å². The number of hydrogen-bond donors (Lipinski definition) is 1. The molecule has 0 aliphatic carbocycles. The molecule has 6 nitrogen and oxygen atoms in total. The molecule has 7 heteroatoms. The molecule has 2 rings (SSSR count). The van der Waals surface area contributed by atoms with Crippen LogP contribution in [-0.2, 0) is 19.6 Å². The van der Waals surface area contributed by atoms with Crippen molar-refractivity contribution in [1.82, 2.24) is 4.31 Å². The Bertz CT molecular complexity index is 622. The van der Waals surface area contributed by atoms with Gasteiger partial charge in [0.05, 0.1) is 17.5 Å². The van der Waals surface area contributed by atoms with Gasteiger partial charge < -0.3 is 5.32 Å². The molecule has 19 heavy (non-hydrogen) atoms. The first-order valence-corrected chi connectivity index (χ1v) is 7.18. The minimum absolute atomic E-state index is 0.0725. The summed E-state index contributed by atoms with van der Waals surface area (Å²) in [4.78, 5) is 22.1. The van der Waals surface area contributed by atoms with E-state index in [1.165, 1.54) is 31.2 Å². The molecule has 102 valence electrons. The lowest BCUT2D eigenvalue weighted by molar-refractivity contribution is -0.130. The van der Waals surface area contributed by atoms with Crippen LogP contribution < -0.4 is 5.32 Å². The molecule has 1 aliphatic rings. The second-order valence-electron chi connectivity index (χ2n) is 4.40. The molecule has 0 bridgehead atoms. The molecule has 1 amide bonds. The number of ketones is 1. The molecule has 1 aromatic rings. The van der Waals surface area contributed by atoms with Crippen LogP contribution in [0.1, 0.15) is 13.8 Å². The van der Waals surface area contributed by atoms with Crippen molar-refractivity contribution in [2.75, 3.05) is 11.9 Å². The summed E-state index contributed by atoms with van der Waals surface area (Å²) in [5.41, 5.74) is 0.527. The third-order valence-corrected chi connectivity index (χ3v) is 4.92. The van der Waals surface area contributed by atoms with Gasteiger partial charge >= 0.3 is 0 Å². The Labute approximate surface area is 111 Å². The molecule has 1 aliphatic heterocycles. The first-order chi connectivity index (χ1) is 8.82. The zero-order valence-electron chi connectivity index (χ0n) is 10.6. The molecule has 0 radical (unpaired) electrons. The van der Waals surface area contributed by atoms with Crippen LogP contribution in [0.25, 0.3) is 0 Å². The third kappa shape index (κ3) is 2.52. The fraction of sp³-hybridized carbons (Fsp3) is 0.333. The van der Waals surface area contributed by atoms with Crippen LogP contribution in [0.5, 0.6) is 0 Å². The van der Waals surface area contributed by atoms with E-state index in [9.17, 15) is 18.0 Å². The minimum atomic E-state index is -3.63. The van der Waals surface area contributed by atoms with Crippen LogP contribution in [0.2, 0.25) is 0 Å². The largest absolute Gasteiger partial charge is 0.326 e. The number of benzene rings is 1. The second kappa shape index (κ2) is 4.75. The van der Waals surface area contributed by atoms with Gasteiger partial charge in [0.2, 0.25) is 15.9 Å². The Balaban J connectivity index is 2.22. The summed E-state index contributed by atoms with van der Waals surface area (Å²) in [5, 5.41) is 2.55. The van der Waals surface area contributed by atoms with Gasteiger partial charge in [-0.15, -0.1) is 0 Å². The monoisotopic (exact) mass is 282 g/mol. The van der Waals surface area contributed by atoms with Gasteiger partial charge in [0.25, 0.3) is 0 Å². The smallest absolute Gasteiger partial charge is 0.244 e. The Morgan fingerprint density at radius 2 is 1.89 bits per heavy atom. The van der Waals surface area contributed by atoms with E-state index in [2.05, 4.69) is 5.32 Å². The van der Waals surface area contributed by atoms with E-state index in [-0.39, 0.29) is 23.1 Å². The number of sulfonamides is 1. The summed E-state index contributed by atoms with van der Waals surface area (Å²) in [6.45, 7) is 2.87. The molecule has 0 saturated carbocycles. The summed E-state index contributed by atoms with van der Waals surface area (Å²) in [7, 11) is -3.63. The molecular formula is C12H14N2O4S. The standard InChI is InChI=1S/C12H14N2O4S/c1-8-12(16)7-14(8)19(17,18)11-5-3-10(4-6-11)13-9(2)15/h3-6,8H,7H2,1-2H3,(H,13,15)/t8-/m0/s1. The molecule has 1 heterocycles. The average Bonchev–Trinajstić information content (AvgIpc) is 2.35. The molecule has 0 unspecified atom stereocenters. The maximum absolute atomic E-state index is 12.2. The SMILES string of the molecule is CC(=O)Nc1ccc(S(=O)(=O)N2CC(=O)[C@@H]2C)cc1. The Morgan fingerprint density at radius 1 is 1.32 bits per heavy atom. The lowest BCUT2D eigenvalue weighted by Crippen LogP contribution is -2.57. The predicted molar refractivity (Wildman–Crippen MR) is 69.1 cm³/mol. The van der Waals surface area contributed by atoms with Crippen molar-refractivity contribution in [3.05, 3.63) is 24.3 Å². The number of nitrogens with zero attached hydrogens (tertiary/aromatic N) is 1. The zero-order chi connectivity index (χ0) is 14.2. The van der Waals surface area contributed by atoms with E-state index in [1.54, 1.807) is 6.92 Å². The third-order valence-electron chi connectivity index (χ3n) is 2.99. The van der Waals surface area contributed by atoms with E-state index >= 15 is 0 Å². The van der Waals surface area contributed by atoms with Crippen molar-refractivity contribution in [1.29, 1.82) is 0 Å². The van der Waals surface area contributed by atoms with Gasteiger partial charge in [-0.05, 0) is 31.2 Å². The summed E-state index contributed by atoms with van der Waals surface area (Å²) in [6.07, 6.45) is 0. The summed E-state index contributed by atoms with van der Waals surface area (Å²) >= 11 is 0. The van der Waals surface area contributed by atoms with E-state index < -0.39 is 16.1 Å². The van der Waals surface area contributed by atoms with Crippen molar-refractivity contribution in [2.24, 2.45) is 0 Å². The number of hydrogen-bond acceptors (Lipinski definition) is 4. The van der Waals surface area contributed by atoms with E-state index in [4.69, 9.17) is 0 Å². The van der Waals surface area contributed by atoms with E-state index in [0.29, 0.717) is 5.69 Å². The fourth-order valence-electron chi connectivity index (χ4n) is 1.81. The van der Waals surface area contributed by atoms with Crippen molar-refractivity contribution in [2.45, 2.75) is 24.8 Å². The highest BCUT2D eigenvalue weighted by atomic mass is 32.2. The van der Waals surface area contributed by atoms with Gasteiger partial charge in [0.15, 0.2) is 5.78 Å².